The van der Waals surface area contributed by atoms with Crippen molar-refractivity contribution in [1.29, 1.82) is 5.26 Å². The lowest BCUT2D eigenvalue weighted by molar-refractivity contribution is 0.0958. The molecule has 0 saturated carbocycles. The third-order valence-electron chi connectivity index (χ3n) is 3.47. The number of hydrazine groups is 1. The molecule has 0 bridgehead atoms. The molecule has 0 atom stereocenters. The number of hydrogen-bond acceptors (Lipinski definition) is 5. The Bertz CT molecular complexity index is 905. The van der Waals surface area contributed by atoms with Crippen LogP contribution >= 0.6 is 0 Å². The molecule has 0 fully saturated rings. The van der Waals surface area contributed by atoms with E-state index < -0.39 is 0 Å². The Hall–Kier alpha value is -3.31. The predicted octanol–water partition coefficient (Wildman–Crippen LogP) is 1.64. The first-order valence-corrected chi connectivity index (χ1v) is 7.30. The number of carbonyl (C=O) groups excluding carboxylic acids is 1. The normalized spacial score (nSPS) is 10.5. The molecule has 24 heavy (non-hydrogen) atoms. The lowest BCUT2D eigenvalue weighted by atomic mass is 10.2. The van der Waals surface area contributed by atoms with Crippen LogP contribution in [-0.4, -0.2) is 34.4 Å². The predicted molar refractivity (Wildman–Crippen MR) is 88.2 cm³/mol. The van der Waals surface area contributed by atoms with E-state index in [0.717, 1.165) is 10.9 Å². The van der Waals surface area contributed by atoms with E-state index in [1.54, 1.807) is 48.5 Å². The monoisotopic (exact) mass is 324 g/mol. The van der Waals surface area contributed by atoms with Crippen molar-refractivity contribution in [2.75, 3.05) is 19.1 Å². The van der Waals surface area contributed by atoms with Gasteiger partial charge in [-0.2, -0.15) is 10.4 Å². The third kappa shape index (κ3) is 3.37. The summed E-state index contributed by atoms with van der Waals surface area (Å²) in [7, 11) is 1.63. The number of nitrogens with zero attached hydrogens (tertiary/aromatic N) is 3. The zero-order valence-electron chi connectivity index (χ0n) is 13.0. The van der Waals surface area contributed by atoms with Crippen molar-refractivity contribution < 1.29 is 9.53 Å². The Labute approximate surface area is 138 Å². The summed E-state index contributed by atoms with van der Waals surface area (Å²) in [6, 6.07) is 8.99. The lowest BCUT2D eigenvalue weighted by Gasteiger charge is -2.04. The smallest absolute Gasteiger partial charge is 0.286 e. The fraction of sp³-hybridized carbons (Fsp3) is 0.188. The van der Waals surface area contributed by atoms with Crippen molar-refractivity contribution in [3.8, 4) is 6.07 Å². The third-order valence-corrected chi connectivity index (χ3v) is 3.47. The van der Waals surface area contributed by atoms with Crippen LogP contribution in [0.5, 0.6) is 0 Å². The number of rotatable bonds is 6. The first kappa shape index (κ1) is 15.6. The SMILES string of the molecule is COCCn1cc(NNC(=O)c2cc3cc(C#N)ccc3[nH]2)cn1. The maximum Gasteiger partial charge on any atom is 0.286 e. The van der Waals surface area contributed by atoms with E-state index in [4.69, 9.17) is 10.00 Å². The van der Waals surface area contributed by atoms with Crippen molar-refractivity contribution in [2.45, 2.75) is 6.54 Å². The highest BCUT2D eigenvalue weighted by molar-refractivity contribution is 5.98. The fourth-order valence-corrected chi connectivity index (χ4v) is 2.26. The van der Waals surface area contributed by atoms with Crippen LogP contribution in [0, 0.1) is 11.3 Å². The summed E-state index contributed by atoms with van der Waals surface area (Å²) >= 11 is 0. The van der Waals surface area contributed by atoms with Crippen molar-refractivity contribution in [3.63, 3.8) is 0 Å². The van der Waals surface area contributed by atoms with Gasteiger partial charge in [0.15, 0.2) is 0 Å². The molecule has 0 saturated heterocycles. The highest BCUT2D eigenvalue weighted by Gasteiger charge is 2.10. The Morgan fingerprint density at radius 1 is 1.46 bits per heavy atom. The minimum Gasteiger partial charge on any atom is -0.383 e. The van der Waals surface area contributed by atoms with Crippen LogP contribution in [0.25, 0.3) is 10.9 Å². The molecule has 0 spiro atoms. The van der Waals surface area contributed by atoms with Gasteiger partial charge in [0.25, 0.3) is 5.91 Å². The van der Waals surface area contributed by atoms with E-state index in [-0.39, 0.29) is 5.91 Å². The highest BCUT2D eigenvalue weighted by atomic mass is 16.5. The number of benzene rings is 1. The van der Waals surface area contributed by atoms with Crippen molar-refractivity contribution >= 4 is 22.5 Å². The quantitative estimate of drug-likeness (QED) is 0.597. The van der Waals surface area contributed by atoms with Gasteiger partial charge in [-0.3, -0.25) is 20.3 Å². The van der Waals surface area contributed by atoms with Gasteiger partial charge in [0.2, 0.25) is 0 Å². The number of methoxy groups -OCH3 is 1. The van der Waals surface area contributed by atoms with E-state index >= 15 is 0 Å². The number of hydrogen-bond donors (Lipinski definition) is 3. The number of nitrogens with one attached hydrogen (secondary N) is 3. The summed E-state index contributed by atoms with van der Waals surface area (Å²) in [6.07, 6.45) is 3.38. The first-order chi connectivity index (χ1) is 11.7. The minimum absolute atomic E-state index is 0.311. The summed E-state index contributed by atoms with van der Waals surface area (Å²) in [5.74, 6) is -0.311. The van der Waals surface area contributed by atoms with Crippen molar-refractivity contribution in [2.24, 2.45) is 0 Å². The average Bonchev–Trinajstić information content (AvgIpc) is 3.23. The summed E-state index contributed by atoms with van der Waals surface area (Å²) in [5, 5.41) is 13.9. The number of amides is 1. The van der Waals surface area contributed by atoms with Gasteiger partial charge >= 0.3 is 0 Å². The molecule has 3 N–H and O–H groups in total. The molecule has 0 aliphatic rings. The number of aromatic amines is 1. The summed E-state index contributed by atoms with van der Waals surface area (Å²) in [5.41, 5.74) is 7.83. The van der Waals surface area contributed by atoms with E-state index in [1.807, 2.05) is 0 Å². The Morgan fingerprint density at radius 3 is 3.12 bits per heavy atom. The van der Waals surface area contributed by atoms with Crippen LogP contribution < -0.4 is 10.9 Å². The van der Waals surface area contributed by atoms with Crippen LogP contribution in [0.2, 0.25) is 0 Å². The number of carbonyl (C=O) groups is 1. The maximum atomic E-state index is 12.2. The van der Waals surface area contributed by atoms with Crippen LogP contribution in [0.15, 0.2) is 36.7 Å². The lowest BCUT2D eigenvalue weighted by Crippen LogP contribution is -2.29. The van der Waals surface area contributed by atoms with Crippen LogP contribution in [0.4, 0.5) is 5.69 Å². The van der Waals surface area contributed by atoms with E-state index in [9.17, 15) is 4.79 Å². The summed E-state index contributed by atoms with van der Waals surface area (Å²) in [6.45, 7) is 1.20. The molecule has 3 rings (SSSR count). The molecule has 8 heteroatoms. The molecule has 3 aromatic rings. The summed E-state index contributed by atoms with van der Waals surface area (Å²) in [4.78, 5) is 15.2. The molecule has 2 heterocycles. The number of anilines is 1. The van der Waals surface area contributed by atoms with Gasteiger partial charge in [-0.25, -0.2) is 0 Å². The Morgan fingerprint density at radius 2 is 2.33 bits per heavy atom. The van der Waals surface area contributed by atoms with Crippen LogP contribution in [0.3, 0.4) is 0 Å². The minimum atomic E-state index is -0.311. The summed E-state index contributed by atoms with van der Waals surface area (Å²) < 4.78 is 6.69. The first-order valence-electron chi connectivity index (χ1n) is 7.30. The molecule has 2 aromatic heterocycles. The molecule has 122 valence electrons. The maximum absolute atomic E-state index is 12.2. The molecule has 1 aromatic carbocycles. The molecule has 0 aliphatic carbocycles. The van der Waals surface area contributed by atoms with Gasteiger partial charge in [-0.05, 0) is 24.3 Å². The van der Waals surface area contributed by atoms with Gasteiger partial charge in [0.05, 0.1) is 36.7 Å². The number of aromatic nitrogens is 3. The van der Waals surface area contributed by atoms with Crippen LogP contribution in [-0.2, 0) is 11.3 Å². The standard InChI is InChI=1S/C16H16N6O2/c1-24-5-4-22-10-13(9-18-22)20-21-16(23)15-7-12-6-11(8-17)2-3-14(12)19-15/h2-3,6-7,9-10,19-20H,4-5H2,1H3,(H,21,23). The topological polar surface area (TPSA) is 108 Å². The average molecular weight is 324 g/mol. The second-order valence-electron chi connectivity index (χ2n) is 5.16. The van der Waals surface area contributed by atoms with Gasteiger partial charge in [0.1, 0.15) is 5.69 Å². The van der Waals surface area contributed by atoms with Gasteiger partial charge in [-0.15, -0.1) is 0 Å². The van der Waals surface area contributed by atoms with Crippen molar-refractivity contribution in [1.82, 2.24) is 20.2 Å². The fourth-order valence-electron chi connectivity index (χ4n) is 2.26. The molecule has 8 nitrogen and oxygen atoms in total. The Kier molecular flexibility index (Phi) is 4.45. The van der Waals surface area contributed by atoms with E-state index in [2.05, 4.69) is 27.0 Å². The number of ether oxygens (including phenoxy) is 1. The number of H-pyrrole nitrogens is 1. The number of nitriles is 1. The van der Waals surface area contributed by atoms with Gasteiger partial charge in [0, 0.05) is 24.2 Å². The highest BCUT2D eigenvalue weighted by Crippen LogP contribution is 2.17. The molecule has 0 unspecified atom stereocenters. The zero-order chi connectivity index (χ0) is 16.9. The van der Waals surface area contributed by atoms with Gasteiger partial charge < -0.3 is 9.72 Å². The van der Waals surface area contributed by atoms with E-state index in [0.29, 0.717) is 30.1 Å². The largest absolute Gasteiger partial charge is 0.383 e. The Balaban J connectivity index is 1.64. The van der Waals surface area contributed by atoms with E-state index in [1.165, 1.54) is 0 Å². The second kappa shape index (κ2) is 6.85. The molecule has 1 amide bonds. The molecular formula is C16H16N6O2. The molecule has 0 radical (unpaired) electrons. The van der Waals surface area contributed by atoms with Gasteiger partial charge in [-0.1, -0.05) is 0 Å². The van der Waals surface area contributed by atoms with Crippen LogP contribution in [0.1, 0.15) is 16.1 Å². The second-order valence-corrected chi connectivity index (χ2v) is 5.16. The molecule has 0 aliphatic heterocycles. The number of fused-ring (bicyclic) bond motifs is 1. The van der Waals surface area contributed by atoms with Crippen molar-refractivity contribution in [3.05, 3.63) is 47.9 Å². The molecular weight excluding hydrogens is 308 g/mol. The zero-order valence-corrected chi connectivity index (χ0v) is 13.0.